The number of aromatic nitrogens is 2. The molecule has 8 nitrogen and oxygen atoms in total. The number of carbonyl (C=O) groups is 2. The van der Waals surface area contributed by atoms with E-state index >= 15 is 0 Å². The van der Waals surface area contributed by atoms with Crippen molar-refractivity contribution in [3.05, 3.63) is 108 Å². The summed E-state index contributed by atoms with van der Waals surface area (Å²) in [5.41, 5.74) is 3.35. The van der Waals surface area contributed by atoms with Gasteiger partial charge in [0.25, 0.3) is 5.91 Å². The maximum Gasteiger partial charge on any atom is 0.319 e. The summed E-state index contributed by atoms with van der Waals surface area (Å²) in [5, 5.41) is 12.7. The fourth-order valence-corrected chi connectivity index (χ4v) is 3.33. The highest BCUT2D eigenvalue weighted by Crippen LogP contribution is 2.18. The Bertz CT molecular complexity index is 1230. The zero-order valence-electron chi connectivity index (χ0n) is 18.5. The van der Waals surface area contributed by atoms with Crippen molar-refractivity contribution in [2.24, 2.45) is 0 Å². The molecule has 0 saturated carbocycles. The molecule has 0 saturated heterocycles. The van der Waals surface area contributed by atoms with Gasteiger partial charge in [-0.05, 0) is 41.5 Å². The zero-order valence-corrected chi connectivity index (χ0v) is 18.5. The lowest BCUT2D eigenvalue weighted by atomic mass is 10.1. The van der Waals surface area contributed by atoms with E-state index in [9.17, 15) is 9.59 Å². The number of anilines is 2. The van der Waals surface area contributed by atoms with Crippen LogP contribution in [0.5, 0.6) is 5.75 Å². The molecule has 3 aromatic carbocycles. The molecule has 0 aliphatic heterocycles. The van der Waals surface area contributed by atoms with Crippen LogP contribution in [-0.4, -0.2) is 28.3 Å². The second-order valence-corrected chi connectivity index (χ2v) is 7.51. The van der Waals surface area contributed by atoms with E-state index in [2.05, 4.69) is 21.0 Å². The van der Waals surface area contributed by atoms with E-state index in [1.54, 1.807) is 42.6 Å². The number of nitrogens with zero attached hydrogens (tertiary/aromatic N) is 2. The molecular formula is C26H25N5O3. The van der Waals surface area contributed by atoms with Gasteiger partial charge in [0.1, 0.15) is 5.75 Å². The van der Waals surface area contributed by atoms with Gasteiger partial charge in [0, 0.05) is 36.4 Å². The van der Waals surface area contributed by atoms with E-state index in [1.165, 1.54) is 0 Å². The highest BCUT2D eigenvalue weighted by Gasteiger charge is 2.08. The van der Waals surface area contributed by atoms with Crippen LogP contribution in [-0.2, 0) is 17.9 Å². The van der Waals surface area contributed by atoms with Crippen LogP contribution in [0.25, 0.3) is 0 Å². The number of para-hydroxylation sites is 1. The summed E-state index contributed by atoms with van der Waals surface area (Å²) in [6.07, 6.45) is 3.64. The van der Waals surface area contributed by atoms with E-state index in [1.807, 2.05) is 59.4 Å². The standard InChI is InChI=1S/C26H25N5O3/c32-25(29-22-10-2-1-3-11-22)19-34-24-13-6-12-23(16-24)30-26(33)27-17-20-8-4-5-9-21(20)18-31-15-7-14-28-31/h1-16H,17-19H2,(H,29,32)(H2,27,30,33). The lowest BCUT2D eigenvalue weighted by Gasteiger charge is -2.12. The third-order valence-corrected chi connectivity index (χ3v) is 4.97. The molecule has 4 rings (SSSR count). The fourth-order valence-electron chi connectivity index (χ4n) is 3.33. The summed E-state index contributed by atoms with van der Waals surface area (Å²) >= 11 is 0. The van der Waals surface area contributed by atoms with Crippen molar-refractivity contribution in [2.45, 2.75) is 13.1 Å². The van der Waals surface area contributed by atoms with E-state index < -0.39 is 0 Å². The van der Waals surface area contributed by atoms with E-state index in [0.717, 1.165) is 11.1 Å². The van der Waals surface area contributed by atoms with Gasteiger partial charge in [0.05, 0.1) is 6.54 Å². The average Bonchev–Trinajstić information content (AvgIpc) is 3.36. The molecule has 4 aromatic rings. The van der Waals surface area contributed by atoms with Crippen LogP contribution in [0.1, 0.15) is 11.1 Å². The van der Waals surface area contributed by atoms with Gasteiger partial charge in [0.2, 0.25) is 0 Å². The zero-order chi connectivity index (χ0) is 23.6. The number of amides is 3. The summed E-state index contributed by atoms with van der Waals surface area (Å²) < 4.78 is 7.40. The Morgan fingerprint density at radius 2 is 1.59 bits per heavy atom. The molecule has 3 amide bonds. The molecule has 0 unspecified atom stereocenters. The molecule has 0 atom stereocenters. The highest BCUT2D eigenvalue weighted by molar-refractivity contribution is 5.92. The van der Waals surface area contributed by atoms with Gasteiger partial charge in [-0.3, -0.25) is 9.48 Å². The number of hydrogen-bond donors (Lipinski definition) is 3. The summed E-state index contributed by atoms with van der Waals surface area (Å²) in [6.45, 7) is 0.862. The van der Waals surface area contributed by atoms with Crippen LogP contribution < -0.4 is 20.7 Å². The van der Waals surface area contributed by atoms with Crippen LogP contribution in [0.2, 0.25) is 0 Å². The Labute approximate surface area is 197 Å². The maximum atomic E-state index is 12.4. The van der Waals surface area contributed by atoms with Gasteiger partial charge in [-0.1, -0.05) is 48.5 Å². The van der Waals surface area contributed by atoms with Gasteiger partial charge in [-0.2, -0.15) is 5.10 Å². The van der Waals surface area contributed by atoms with Crippen molar-refractivity contribution >= 4 is 23.3 Å². The minimum absolute atomic E-state index is 0.141. The summed E-state index contributed by atoms with van der Waals surface area (Å²) in [7, 11) is 0. The van der Waals surface area contributed by atoms with Gasteiger partial charge in [-0.15, -0.1) is 0 Å². The molecule has 0 fully saturated rings. The van der Waals surface area contributed by atoms with Crippen molar-refractivity contribution in [3.8, 4) is 5.75 Å². The average molecular weight is 456 g/mol. The summed E-state index contributed by atoms with van der Waals surface area (Å²) in [4.78, 5) is 24.5. The molecule has 0 aliphatic carbocycles. The number of benzene rings is 3. The van der Waals surface area contributed by atoms with Crippen LogP contribution in [0.3, 0.4) is 0 Å². The third kappa shape index (κ3) is 6.70. The second kappa shape index (κ2) is 11.3. The smallest absolute Gasteiger partial charge is 0.319 e. The molecule has 0 aliphatic rings. The third-order valence-electron chi connectivity index (χ3n) is 4.97. The van der Waals surface area contributed by atoms with Gasteiger partial charge in [0.15, 0.2) is 6.61 Å². The monoisotopic (exact) mass is 455 g/mol. The lowest BCUT2D eigenvalue weighted by molar-refractivity contribution is -0.118. The Morgan fingerprint density at radius 3 is 2.38 bits per heavy atom. The van der Waals surface area contributed by atoms with Crippen molar-refractivity contribution in [2.75, 3.05) is 17.2 Å². The molecule has 34 heavy (non-hydrogen) atoms. The van der Waals surface area contributed by atoms with E-state index in [-0.39, 0.29) is 18.5 Å². The van der Waals surface area contributed by atoms with Crippen molar-refractivity contribution in [1.29, 1.82) is 0 Å². The number of rotatable bonds is 9. The van der Waals surface area contributed by atoms with Gasteiger partial charge in [-0.25, -0.2) is 4.79 Å². The SMILES string of the molecule is O=C(COc1cccc(NC(=O)NCc2ccccc2Cn2cccn2)c1)Nc1ccccc1. The predicted molar refractivity (Wildman–Crippen MR) is 131 cm³/mol. The Morgan fingerprint density at radius 1 is 0.824 bits per heavy atom. The minimum Gasteiger partial charge on any atom is -0.484 e. The van der Waals surface area contributed by atoms with Crippen LogP contribution in [0.15, 0.2) is 97.3 Å². The second-order valence-electron chi connectivity index (χ2n) is 7.51. The topological polar surface area (TPSA) is 97.3 Å². The van der Waals surface area contributed by atoms with Crippen LogP contribution >= 0.6 is 0 Å². The summed E-state index contributed by atoms with van der Waals surface area (Å²) in [6, 6.07) is 25.5. The molecule has 8 heteroatoms. The molecule has 0 bridgehead atoms. The molecule has 1 aromatic heterocycles. The van der Waals surface area contributed by atoms with Crippen molar-refractivity contribution in [1.82, 2.24) is 15.1 Å². The first-order chi connectivity index (χ1) is 16.7. The highest BCUT2D eigenvalue weighted by atomic mass is 16.5. The molecule has 0 spiro atoms. The van der Waals surface area contributed by atoms with Crippen molar-refractivity contribution < 1.29 is 14.3 Å². The normalized spacial score (nSPS) is 10.4. The largest absolute Gasteiger partial charge is 0.484 e. The Hall–Kier alpha value is -4.59. The maximum absolute atomic E-state index is 12.4. The minimum atomic E-state index is -0.340. The lowest BCUT2D eigenvalue weighted by Crippen LogP contribution is -2.28. The number of ether oxygens (including phenoxy) is 1. The Kier molecular flexibility index (Phi) is 7.53. The van der Waals surface area contributed by atoms with Crippen molar-refractivity contribution in [3.63, 3.8) is 0 Å². The van der Waals surface area contributed by atoms with Gasteiger partial charge < -0.3 is 20.7 Å². The first-order valence-electron chi connectivity index (χ1n) is 10.8. The number of hydrogen-bond acceptors (Lipinski definition) is 4. The number of nitrogens with one attached hydrogen (secondary N) is 3. The first kappa shape index (κ1) is 22.6. The van der Waals surface area contributed by atoms with Crippen LogP contribution in [0.4, 0.5) is 16.2 Å². The number of urea groups is 1. The molecule has 1 heterocycles. The van der Waals surface area contributed by atoms with Crippen LogP contribution in [0, 0.1) is 0 Å². The van der Waals surface area contributed by atoms with E-state index in [0.29, 0.717) is 30.2 Å². The summed E-state index contributed by atoms with van der Waals surface area (Å²) in [5.74, 6) is 0.210. The van der Waals surface area contributed by atoms with E-state index in [4.69, 9.17) is 4.74 Å². The van der Waals surface area contributed by atoms with Gasteiger partial charge >= 0.3 is 6.03 Å². The quantitative estimate of drug-likeness (QED) is 0.351. The fraction of sp³-hybridized carbons (Fsp3) is 0.115. The Balaban J connectivity index is 1.27. The first-order valence-corrected chi connectivity index (χ1v) is 10.8. The molecular weight excluding hydrogens is 430 g/mol. The molecule has 172 valence electrons. The molecule has 0 radical (unpaired) electrons. The molecule has 3 N–H and O–H groups in total. The predicted octanol–water partition coefficient (Wildman–Crippen LogP) is 4.27. The number of carbonyl (C=O) groups excluding carboxylic acids is 2.